The number of rotatable bonds is 10. The van der Waals surface area contributed by atoms with E-state index >= 15 is 0 Å². The predicted octanol–water partition coefficient (Wildman–Crippen LogP) is 3.24. The Hall–Kier alpha value is -1.85. The van der Waals surface area contributed by atoms with Gasteiger partial charge in [-0.25, -0.2) is 4.98 Å². The van der Waals surface area contributed by atoms with E-state index in [2.05, 4.69) is 38.0 Å². The van der Waals surface area contributed by atoms with E-state index in [9.17, 15) is 9.59 Å². The summed E-state index contributed by atoms with van der Waals surface area (Å²) in [5, 5.41) is 2.85. The van der Waals surface area contributed by atoms with E-state index in [1.165, 1.54) is 6.26 Å². The highest BCUT2D eigenvalue weighted by Crippen LogP contribution is 2.31. The van der Waals surface area contributed by atoms with Crippen molar-refractivity contribution in [2.45, 2.75) is 59.9 Å². The predicted molar refractivity (Wildman–Crippen MR) is 95.9 cm³/mol. The maximum Gasteiger partial charge on any atom is 0.273 e. The van der Waals surface area contributed by atoms with Gasteiger partial charge in [-0.05, 0) is 37.5 Å². The van der Waals surface area contributed by atoms with Crippen LogP contribution >= 0.6 is 0 Å². The van der Waals surface area contributed by atoms with Crippen molar-refractivity contribution in [2.24, 2.45) is 17.8 Å². The minimum atomic E-state index is -0.224. The molecule has 25 heavy (non-hydrogen) atoms. The molecule has 1 fully saturated rings. The normalized spacial score (nSPS) is 14.2. The summed E-state index contributed by atoms with van der Waals surface area (Å²) in [6.45, 7) is 10.2. The number of nitrogens with one attached hydrogen (secondary N) is 1. The van der Waals surface area contributed by atoms with Gasteiger partial charge in [0.15, 0.2) is 5.69 Å². The van der Waals surface area contributed by atoms with Crippen LogP contribution in [-0.4, -0.2) is 34.8 Å². The minimum absolute atomic E-state index is 0.168. The summed E-state index contributed by atoms with van der Waals surface area (Å²) in [6, 6.07) is 0. The molecule has 2 rings (SSSR count). The van der Waals surface area contributed by atoms with Crippen molar-refractivity contribution in [2.75, 3.05) is 13.1 Å². The Balaban J connectivity index is 1.91. The Morgan fingerprint density at radius 2 is 1.92 bits per heavy atom. The number of oxazole rings is 1. The summed E-state index contributed by atoms with van der Waals surface area (Å²) in [5.41, 5.74) is 0.279. The zero-order valence-corrected chi connectivity index (χ0v) is 15.9. The van der Waals surface area contributed by atoms with Crippen LogP contribution in [0.3, 0.4) is 0 Å². The third-order valence-corrected chi connectivity index (χ3v) is 4.33. The van der Waals surface area contributed by atoms with Crippen LogP contribution < -0.4 is 5.32 Å². The van der Waals surface area contributed by atoms with Crippen molar-refractivity contribution in [3.05, 3.63) is 17.8 Å². The van der Waals surface area contributed by atoms with Crippen LogP contribution in [0.25, 0.3) is 0 Å². The first-order valence-corrected chi connectivity index (χ1v) is 9.38. The van der Waals surface area contributed by atoms with E-state index in [0.717, 1.165) is 25.7 Å². The van der Waals surface area contributed by atoms with Gasteiger partial charge in [-0.2, -0.15) is 0 Å². The van der Waals surface area contributed by atoms with Crippen molar-refractivity contribution in [3.63, 3.8) is 0 Å². The van der Waals surface area contributed by atoms with Gasteiger partial charge in [-0.3, -0.25) is 9.59 Å². The molecule has 6 heteroatoms. The molecule has 1 aliphatic carbocycles. The Kier molecular flexibility index (Phi) is 7.02. The molecule has 1 N–H and O–H groups in total. The molecule has 0 aliphatic heterocycles. The lowest BCUT2D eigenvalue weighted by molar-refractivity contribution is -0.133. The van der Waals surface area contributed by atoms with Gasteiger partial charge in [0.25, 0.3) is 5.91 Å². The van der Waals surface area contributed by atoms with Gasteiger partial charge in [0.1, 0.15) is 6.26 Å². The van der Waals surface area contributed by atoms with Crippen molar-refractivity contribution < 1.29 is 14.0 Å². The van der Waals surface area contributed by atoms with Gasteiger partial charge in [0.05, 0.1) is 6.54 Å². The molecule has 0 atom stereocenters. The number of nitrogens with zero attached hydrogens (tertiary/aromatic N) is 2. The molecular weight excluding hydrogens is 318 g/mol. The van der Waals surface area contributed by atoms with Crippen LogP contribution in [0.2, 0.25) is 0 Å². The Morgan fingerprint density at radius 3 is 2.52 bits per heavy atom. The molecule has 0 radical (unpaired) electrons. The van der Waals surface area contributed by atoms with Gasteiger partial charge >= 0.3 is 0 Å². The van der Waals surface area contributed by atoms with E-state index in [-0.39, 0.29) is 23.4 Å². The topological polar surface area (TPSA) is 75.4 Å². The summed E-state index contributed by atoms with van der Waals surface area (Å²) in [5.74, 6) is 1.62. The average molecular weight is 349 g/mol. The third-order valence-electron chi connectivity index (χ3n) is 4.33. The van der Waals surface area contributed by atoms with Crippen LogP contribution in [0.15, 0.2) is 10.7 Å². The number of amides is 2. The molecule has 1 heterocycles. The summed E-state index contributed by atoms with van der Waals surface area (Å²) in [7, 11) is 0. The van der Waals surface area contributed by atoms with E-state index in [0.29, 0.717) is 37.4 Å². The summed E-state index contributed by atoms with van der Waals surface area (Å²) in [4.78, 5) is 30.6. The smallest absolute Gasteiger partial charge is 0.273 e. The van der Waals surface area contributed by atoms with E-state index in [1.54, 1.807) is 0 Å². The lowest BCUT2D eigenvalue weighted by Gasteiger charge is -2.22. The number of carbonyl (C=O) groups excluding carboxylic acids is 2. The molecule has 0 saturated heterocycles. The van der Waals surface area contributed by atoms with Crippen LogP contribution in [0.5, 0.6) is 0 Å². The molecule has 1 aromatic rings. The van der Waals surface area contributed by atoms with E-state index in [1.807, 2.05) is 4.90 Å². The SMILES string of the molecule is CC(C)CCNC(=O)c1coc(CN(CCC(C)C)C(=O)C2CC2)n1. The Labute approximate surface area is 150 Å². The van der Waals surface area contributed by atoms with Gasteiger partial charge in [-0.15, -0.1) is 0 Å². The molecule has 1 saturated carbocycles. The fourth-order valence-corrected chi connectivity index (χ4v) is 2.49. The molecule has 140 valence electrons. The summed E-state index contributed by atoms with van der Waals surface area (Å²) >= 11 is 0. The fourth-order valence-electron chi connectivity index (χ4n) is 2.49. The first kappa shape index (κ1) is 19.5. The van der Waals surface area contributed by atoms with Crippen molar-refractivity contribution >= 4 is 11.8 Å². The lowest BCUT2D eigenvalue weighted by Crippen LogP contribution is -2.33. The number of hydrogen-bond donors (Lipinski definition) is 1. The maximum absolute atomic E-state index is 12.4. The molecule has 2 amide bonds. The molecule has 0 bridgehead atoms. The second-order valence-corrected chi connectivity index (χ2v) is 7.78. The van der Waals surface area contributed by atoms with E-state index < -0.39 is 0 Å². The Bertz CT molecular complexity index is 576. The molecule has 1 aromatic heterocycles. The van der Waals surface area contributed by atoms with Gasteiger partial charge in [-0.1, -0.05) is 27.7 Å². The zero-order valence-electron chi connectivity index (χ0n) is 15.9. The van der Waals surface area contributed by atoms with Crippen molar-refractivity contribution in [3.8, 4) is 0 Å². The van der Waals surface area contributed by atoms with Gasteiger partial charge in [0.2, 0.25) is 11.8 Å². The van der Waals surface area contributed by atoms with Crippen molar-refractivity contribution in [1.29, 1.82) is 0 Å². The third kappa shape index (κ3) is 6.52. The van der Waals surface area contributed by atoms with Crippen LogP contribution in [-0.2, 0) is 11.3 Å². The quantitative estimate of drug-likeness (QED) is 0.703. The molecule has 0 unspecified atom stereocenters. The monoisotopic (exact) mass is 349 g/mol. The molecule has 1 aliphatic rings. The van der Waals surface area contributed by atoms with Gasteiger partial charge in [0, 0.05) is 19.0 Å². The number of carbonyl (C=O) groups is 2. The highest BCUT2D eigenvalue weighted by Gasteiger charge is 2.34. The second kappa shape index (κ2) is 9.02. The lowest BCUT2D eigenvalue weighted by atomic mass is 10.1. The van der Waals surface area contributed by atoms with Crippen LogP contribution in [0.1, 0.15) is 69.8 Å². The fraction of sp³-hybridized carbons (Fsp3) is 0.737. The highest BCUT2D eigenvalue weighted by molar-refractivity contribution is 5.91. The minimum Gasteiger partial charge on any atom is -0.446 e. The molecule has 0 spiro atoms. The maximum atomic E-state index is 12.4. The van der Waals surface area contributed by atoms with E-state index in [4.69, 9.17) is 4.42 Å². The largest absolute Gasteiger partial charge is 0.446 e. The first-order chi connectivity index (χ1) is 11.9. The standard InChI is InChI=1S/C19H31N3O3/c1-13(2)7-9-20-18(23)16-12-25-17(21-16)11-22(10-8-14(3)4)19(24)15-5-6-15/h12-15H,5-11H2,1-4H3,(H,20,23). The van der Waals surface area contributed by atoms with Crippen LogP contribution in [0, 0.1) is 17.8 Å². The highest BCUT2D eigenvalue weighted by atomic mass is 16.3. The summed E-state index contributed by atoms with van der Waals surface area (Å²) in [6.07, 6.45) is 5.21. The first-order valence-electron chi connectivity index (χ1n) is 9.38. The van der Waals surface area contributed by atoms with Crippen LogP contribution in [0.4, 0.5) is 0 Å². The van der Waals surface area contributed by atoms with Crippen molar-refractivity contribution in [1.82, 2.24) is 15.2 Å². The molecular formula is C19H31N3O3. The summed E-state index contributed by atoms with van der Waals surface area (Å²) < 4.78 is 5.43. The molecule has 6 nitrogen and oxygen atoms in total. The Morgan fingerprint density at radius 1 is 1.24 bits per heavy atom. The zero-order chi connectivity index (χ0) is 18.4. The van der Waals surface area contributed by atoms with Gasteiger partial charge < -0.3 is 14.6 Å². The number of hydrogen-bond acceptors (Lipinski definition) is 4. The second-order valence-electron chi connectivity index (χ2n) is 7.78. The molecule has 0 aromatic carbocycles. The number of aromatic nitrogens is 1. The average Bonchev–Trinajstić information content (AvgIpc) is 3.29.